The summed E-state index contributed by atoms with van der Waals surface area (Å²) in [6.45, 7) is 23.4. The van der Waals surface area contributed by atoms with E-state index >= 15 is 0 Å². The molecule has 0 radical (unpaired) electrons. The minimum Gasteiger partial charge on any atom is -0.870 e. The summed E-state index contributed by atoms with van der Waals surface area (Å²) in [4.78, 5) is 40.0. The molecular formula is C49H57N12NaO4S. The van der Waals surface area contributed by atoms with Crippen molar-refractivity contribution in [1.29, 1.82) is 0 Å². The van der Waals surface area contributed by atoms with Gasteiger partial charge in [-0.2, -0.15) is 0 Å². The fourth-order valence-corrected chi connectivity index (χ4v) is 8.64. The van der Waals surface area contributed by atoms with E-state index in [1.165, 1.54) is 3.97 Å². The molecule has 0 fully saturated rings. The summed E-state index contributed by atoms with van der Waals surface area (Å²) in [5.41, 5.74) is 5.86. The third kappa shape index (κ3) is 12.0. The summed E-state index contributed by atoms with van der Waals surface area (Å²) in [6, 6.07) is 18.2. The van der Waals surface area contributed by atoms with Crippen LogP contribution >= 0.6 is 0 Å². The van der Waals surface area contributed by atoms with Crippen molar-refractivity contribution < 1.29 is 48.6 Å². The molecule has 0 aliphatic rings. The number of anilines is 2. The Morgan fingerprint density at radius 3 is 1.60 bits per heavy atom. The third-order valence-corrected chi connectivity index (χ3v) is 11.5. The Labute approximate surface area is 413 Å². The van der Waals surface area contributed by atoms with Crippen molar-refractivity contribution in [1.82, 2.24) is 48.8 Å². The van der Waals surface area contributed by atoms with Gasteiger partial charge >= 0.3 is 29.6 Å². The maximum Gasteiger partial charge on any atom is 1.00 e. The second-order valence-electron chi connectivity index (χ2n) is 18.9. The largest absolute Gasteiger partial charge is 1.00 e. The monoisotopic (exact) mass is 932 g/mol. The molecule has 0 aliphatic heterocycles. The van der Waals surface area contributed by atoms with E-state index in [-0.39, 0.29) is 51.0 Å². The molecule has 0 unspecified atom stereocenters. The van der Waals surface area contributed by atoms with Crippen molar-refractivity contribution in [2.24, 2.45) is 0 Å². The van der Waals surface area contributed by atoms with Gasteiger partial charge in [0, 0.05) is 74.4 Å². The van der Waals surface area contributed by atoms with Gasteiger partial charge in [0.25, 0.3) is 10.0 Å². The van der Waals surface area contributed by atoms with Gasteiger partial charge in [0.05, 0.1) is 39.5 Å². The minimum absolute atomic E-state index is 0. The fourth-order valence-electron chi connectivity index (χ4n) is 7.12. The Morgan fingerprint density at radius 2 is 1.09 bits per heavy atom. The molecular weight excluding hydrogens is 876 g/mol. The summed E-state index contributed by atoms with van der Waals surface area (Å²) in [5, 5.41) is 18.9. The van der Waals surface area contributed by atoms with E-state index in [1.54, 1.807) is 95.2 Å². The molecule has 18 heteroatoms. The molecule has 8 aromatic heterocycles. The van der Waals surface area contributed by atoms with Gasteiger partial charge in [-0.15, -0.1) is 0 Å². The van der Waals surface area contributed by atoms with E-state index < -0.39 is 15.6 Å². The molecule has 5 N–H and O–H groups in total. The topological polar surface area (TPSA) is 232 Å². The molecule has 0 saturated heterocycles. The number of aromatic amines is 1. The van der Waals surface area contributed by atoms with Crippen molar-refractivity contribution in [2.75, 3.05) is 10.6 Å². The SMILES string of the molecule is CC(C)(C)O.Cc1[nH]c2ncccc2c1-c1nc(NC(C)(C)C)c2ccncc2n1.Cc1ccc(S(=O)(=O)n2c(C)c(-c3nc(NC(C)(C)C)c4ccncc4n3)c3cccnc32)cc1.[Na+].[OH-]. The van der Waals surface area contributed by atoms with E-state index in [0.29, 0.717) is 45.3 Å². The van der Waals surface area contributed by atoms with E-state index in [9.17, 15) is 8.42 Å². The Bertz CT molecular complexity index is 3290. The van der Waals surface area contributed by atoms with Crippen LogP contribution in [0.2, 0.25) is 0 Å². The zero-order chi connectivity index (χ0) is 47.1. The zero-order valence-electron chi connectivity index (χ0n) is 40.4. The Hall–Kier alpha value is -5.95. The maximum absolute atomic E-state index is 13.8. The average Bonchev–Trinajstić information content (AvgIpc) is 3.72. The molecule has 0 atom stereocenters. The number of nitrogens with zero attached hydrogens (tertiary/aromatic N) is 9. The maximum atomic E-state index is 13.8. The average molecular weight is 933 g/mol. The number of fused-ring (bicyclic) bond motifs is 4. The van der Waals surface area contributed by atoms with Crippen LogP contribution in [0.5, 0.6) is 0 Å². The minimum atomic E-state index is -3.91. The number of nitrogens with one attached hydrogen (secondary N) is 3. The van der Waals surface area contributed by atoms with Crippen molar-refractivity contribution in [3.63, 3.8) is 0 Å². The van der Waals surface area contributed by atoms with Crippen LogP contribution in [0, 0.1) is 20.8 Å². The Morgan fingerprint density at radius 1 is 0.612 bits per heavy atom. The number of aromatic nitrogens is 10. The van der Waals surface area contributed by atoms with Gasteiger partial charge in [-0.25, -0.2) is 42.3 Å². The standard InChI is InChI=1S/C26H26N6O2S.C19H20N6.C4H10O.Na.H2O/c1-16-8-10-18(11-9-16)35(33,34)32-17(2)22(20-7-6-13-28-25(20)32)24-29-21-15-27-14-12-19(21)23(30-24)31-26(3,4)5;1-11-15(13-6-5-8-21-16(13)22-11)18-23-14-10-20-9-7-12(14)17(24-18)25-19(2,3)4;1-4(2,3)5;;/h6-15H,1-5H3,(H,29,30,31);5-10H,1-4H3,(H,21,22)(H,23,24,25);5H,1-3H3;;1H2/q;;;+1;/p-1. The molecule has 0 bridgehead atoms. The molecule has 1 aromatic carbocycles. The number of pyridine rings is 4. The van der Waals surface area contributed by atoms with Gasteiger partial charge < -0.3 is 26.2 Å². The molecule has 0 saturated carbocycles. The molecule has 9 aromatic rings. The number of hydrogen-bond donors (Lipinski definition) is 4. The molecule has 0 aliphatic carbocycles. The number of benzene rings is 1. The van der Waals surface area contributed by atoms with E-state index in [1.807, 2.05) is 44.2 Å². The van der Waals surface area contributed by atoms with Crippen molar-refractivity contribution in [2.45, 2.75) is 105 Å². The van der Waals surface area contributed by atoms with Crippen LogP contribution < -0.4 is 40.2 Å². The first-order valence-corrected chi connectivity index (χ1v) is 22.7. The molecule has 344 valence electrons. The van der Waals surface area contributed by atoms with Crippen LogP contribution in [0.1, 0.15) is 79.3 Å². The molecule has 16 nitrogen and oxygen atoms in total. The van der Waals surface area contributed by atoms with Gasteiger partial charge in [-0.05, 0) is 132 Å². The van der Waals surface area contributed by atoms with Crippen LogP contribution in [0.4, 0.5) is 11.6 Å². The van der Waals surface area contributed by atoms with E-state index in [2.05, 4.69) is 77.1 Å². The predicted molar refractivity (Wildman–Crippen MR) is 262 cm³/mol. The molecule has 67 heavy (non-hydrogen) atoms. The second-order valence-corrected chi connectivity index (χ2v) is 20.7. The van der Waals surface area contributed by atoms with E-state index in [4.69, 9.17) is 25.0 Å². The van der Waals surface area contributed by atoms with Crippen LogP contribution in [0.15, 0.2) is 103 Å². The van der Waals surface area contributed by atoms with Gasteiger partial charge in [-0.3, -0.25) is 9.97 Å². The molecule has 9 rings (SSSR count). The Balaban J connectivity index is 0.000000231. The van der Waals surface area contributed by atoms with Crippen LogP contribution in [0.25, 0.3) is 66.6 Å². The number of rotatable bonds is 6. The third-order valence-electron chi connectivity index (χ3n) is 9.66. The second kappa shape index (κ2) is 20.1. The molecule has 0 spiro atoms. The summed E-state index contributed by atoms with van der Waals surface area (Å²) < 4.78 is 28.8. The molecule has 0 amide bonds. The van der Waals surface area contributed by atoms with Crippen molar-refractivity contribution >= 4 is 65.5 Å². The number of hydrogen-bond acceptors (Lipinski definition) is 14. The number of aliphatic hydroxyl groups is 1. The zero-order valence-corrected chi connectivity index (χ0v) is 43.2. The van der Waals surface area contributed by atoms with Crippen molar-refractivity contribution in [3.05, 3.63) is 115 Å². The predicted octanol–water partition coefficient (Wildman–Crippen LogP) is 6.80. The fraction of sp³-hybridized carbons (Fsp3) is 0.306. The first-order valence-electron chi connectivity index (χ1n) is 21.2. The van der Waals surface area contributed by atoms with Crippen LogP contribution in [-0.4, -0.2) is 84.5 Å². The summed E-state index contributed by atoms with van der Waals surface area (Å²) in [5.74, 6) is 2.55. The number of aryl methyl sites for hydroxylation is 2. The summed E-state index contributed by atoms with van der Waals surface area (Å²) in [7, 11) is -3.91. The quantitative estimate of drug-likeness (QED) is 0.126. The van der Waals surface area contributed by atoms with E-state index in [0.717, 1.165) is 50.0 Å². The smallest absolute Gasteiger partial charge is 0.870 e. The van der Waals surface area contributed by atoms with Gasteiger partial charge in [0.2, 0.25) is 0 Å². The van der Waals surface area contributed by atoms with Crippen molar-refractivity contribution in [3.8, 4) is 22.8 Å². The number of H-pyrrole nitrogens is 1. The Kier molecular flexibility index (Phi) is 15.6. The van der Waals surface area contributed by atoms with Gasteiger partial charge in [-0.1, -0.05) is 17.7 Å². The van der Waals surface area contributed by atoms with Crippen LogP contribution in [0.3, 0.4) is 0 Å². The molecule has 8 heterocycles. The normalized spacial score (nSPS) is 11.8. The van der Waals surface area contributed by atoms with Crippen LogP contribution in [-0.2, 0) is 10.0 Å². The summed E-state index contributed by atoms with van der Waals surface area (Å²) >= 11 is 0. The van der Waals surface area contributed by atoms with Gasteiger partial charge in [0.15, 0.2) is 17.3 Å². The first kappa shape index (κ1) is 52.0. The van der Waals surface area contributed by atoms with Gasteiger partial charge in [0.1, 0.15) is 17.3 Å². The first-order chi connectivity index (χ1) is 30.5. The summed E-state index contributed by atoms with van der Waals surface area (Å²) in [6.07, 6.45) is 10.3.